The average Bonchev–Trinajstić information content (AvgIpc) is 2.77. The fourth-order valence-corrected chi connectivity index (χ4v) is 2.73. The van der Waals surface area contributed by atoms with Crippen LogP contribution in [-0.2, 0) is 11.5 Å². The molecule has 1 heterocycles. The number of nitrogens with zero attached hydrogens (tertiary/aromatic N) is 2. The molecule has 0 aliphatic carbocycles. The largest absolute Gasteiger partial charge is 0.361 e. The molecule has 5 heteroatoms. The lowest BCUT2D eigenvalue weighted by atomic mass is 10.2. The van der Waals surface area contributed by atoms with Crippen LogP contribution in [0.15, 0.2) is 41.1 Å². The number of rotatable bonds is 5. The second kappa shape index (κ2) is 6.24. The molecule has 1 atom stereocenters. The van der Waals surface area contributed by atoms with Crippen molar-refractivity contribution in [3.63, 3.8) is 0 Å². The lowest BCUT2D eigenvalue weighted by molar-refractivity contribution is 0.0575. The van der Waals surface area contributed by atoms with Crippen molar-refractivity contribution in [1.82, 2.24) is 9.55 Å². The summed E-state index contributed by atoms with van der Waals surface area (Å²) in [6.07, 6.45) is 1.97. The first kappa shape index (κ1) is 15.5. The molecule has 2 rings (SSSR count). The third-order valence-corrected chi connectivity index (χ3v) is 6.45. The van der Waals surface area contributed by atoms with Gasteiger partial charge in [0.2, 0.25) is 0 Å². The Labute approximate surface area is 130 Å². The summed E-state index contributed by atoms with van der Waals surface area (Å²) in [5.41, 5.74) is 1.41. The van der Waals surface area contributed by atoms with Crippen molar-refractivity contribution in [2.75, 3.05) is 0 Å². The van der Waals surface area contributed by atoms with Crippen molar-refractivity contribution < 1.29 is 4.74 Å². The summed E-state index contributed by atoms with van der Waals surface area (Å²) < 4.78 is 8.92. The Hall–Kier alpha value is -0.913. The van der Waals surface area contributed by atoms with E-state index in [2.05, 4.69) is 64.2 Å². The molecule has 0 N–H and O–H groups in total. The molecule has 1 aromatic carbocycles. The highest BCUT2D eigenvalue weighted by Crippen LogP contribution is 2.22. The molecule has 0 amide bonds. The first-order chi connectivity index (χ1) is 9.38. The number of ether oxygens (including phenoxy) is 1. The van der Waals surface area contributed by atoms with Gasteiger partial charge in [-0.2, -0.15) is 0 Å². The highest BCUT2D eigenvalue weighted by molar-refractivity contribution is 9.10. The molecule has 0 aliphatic rings. The van der Waals surface area contributed by atoms with Crippen molar-refractivity contribution in [3.8, 4) is 11.4 Å². The number of hydrogen-bond donors (Lipinski definition) is 0. The Balaban J connectivity index is 2.17. The summed E-state index contributed by atoms with van der Waals surface area (Å²) in [4.78, 5) is 4.53. The fourth-order valence-electron chi connectivity index (χ4n) is 1.74. The number of benzene rings is 1. The van der Waals surface area contributed by atoms with Crippen molar-refractivity contribution in [2.24, 2.45) is 0 Å². The van der Waals surface area contributed by atoms with Crippen LogP contribution in [0.25, 0.3) is 11.4 Å². The third kappa shape index (κ3) is 3.81. The van der Waals surface area contributed by atoms with Crippen LogP contribution < -0.4 is 0 Å². The number of aromatic nitrogens is 2. The number of imidazole rings is 1. The third-order valence-electron chi connectivity index (χ3n) is 3.46. The smallest absolute Gasteiger partial charge is 0.143 e. The van der Waals surface area contributed by atoms with Crippen LogP contribution in [0.2, 0.25) is 19.6 Å². The van der Waals surface area contributed by atoms with Crippen molar-refractivity contribution in [3.05, 3.63) is 41.1 Å². The zero-order valence-electron chi connectivity index (χ0n) is 12.4. The van der Waals surface area contributed by atoms with E-state index < -0.39 is 8.07 Å². The number of halogens is 1. The average molecular weight is 353 g/mol. The molecule has 1 aromatic heterocycles. The van der Waals surface area contributed by atoms with Gasteiger partial charge in [-0.3, -0.25) is 0 Å². The van der Waals surface area contributed by atoms with Gasteiger partial charge in [0.05, 0.1) is 8.07 Å². The van der Waals surface area contributed by atoms with E-state index in [0.717, 1.165) is 16.0 Å². The van der Waals surface area contributed by atoms with Crippen LogP contribution in [0.4, 0.5) is 0 Å². The summed E-state index contributed by atoms with van der Waals surface area (Å²) in [7, 11) is -1.27. The zero-order valence-corrected chi connectivity index (χ0v) is 15.0. The molecule has 0 bridgehead atoms. The first-order valence-electron chi connectivity index (χ1n) is 6.77. The molecule has 0 saturated carbocycles. The van der Waals surface area contributed by atoms with E-state index in [0.29, 0.717) is 12.5 Å². The van der Waals surface area contributed by atoms with Gasteiger partial charge in [-0.05, 0) is 22.9 Å². The second-order valence-corrected chi connectivity index (χ2v) is 12.4. The van der Waals surface area contributed by atoms with Crippen molar-refractivity contribution in [2.45, 2.75) is 39.0 Å². The van der Waals surface area contributed by atoms with E-state index in [1.165, 1.54) is 0 Å². The minimum Gasteiger partial charge on any atom is -0.361 e. The lowest BCUT2D eigenvalue weighted by Gasteiger charge is -2.25. The molecule has 0 aliphatic heterocycles. The van der Waals surface area contributed by atoms with Crippen LogP contribution in [0.3, 0.4) is 0 Å². The first-order valence-corrected chi connectivity index (χ1v) is 11.1. The molecular formula is C15H21BrN2OSi. The SMILES string of the molecule is CC(OCn1cc(Br)nc1-c1ccccc1)[Si](C)(C)C. The summed E-state index contributed by atoms with van der Waals surface area (Å²) in [6, 6.07) is 10.2. The normalized spacial score (nSPS) is 13.4. The molecule has 20 heavy (non-hydrogen) atoms. The predicted molar refractivity (Wildman–Crippen MR) is 89.3 cm³/mol. The maximum absolute atomic E-state index is 6.03. The van der Waals surface area contributed by atoms with E-state index in [1.54, 1.807) is 0 Å². The topological polar surface area (TPSA) is 27.1 Å². The molecular weight excluding hydrogens is 332 g/mol. The Kier molecular flexibility index (Phi) is 4.83. The lowest BCUT2D eigenvalue weighted by Crippen LogP contribution is -2.38. The van der Waals surface area contributed by atoms with E-state index in [-0.39, 0.29) is 0 Å². The van der Waals surface area contributed by atoms with Gasteiger partial charge in [-0.1, -0.05) is 50.0 Å². The minimum absolute atomic E-state index is 0.312. The summed E-state index contributed by atoms with van der Waals surface area (Å²) >= 11 is 3.45. The molecule has 108 valence electrons. The summed E-state index contributed by atoms with van der Waals surface area (Å²) in [5, 5.41) is 0. The Morgan fingerprint density at radius 3 is 2.50 bits per heavy atom. The van der Waals surface area contributed by atoms with Crippen LogP contribution in [0, 0.1) is 0 Å². The number of hydrogen-bond acceptors (Lipinski definition) is 2. The van der Waals surface area contributed by atoms with Gasteiger partial charge in [0, 0.05) is 17.5 Å². The Bertz CT molecular complexity index is 563. The van der Waals surface area contributed by atoms with E-state index in [1.807, 2.05) is 24.4 Å². The fraction of sp³-hybridized carbons (Fsp3) is 0.400. The van der Waals surface area contributed by atoms with Crippen molar-refractivity contribution >= 4 is 24.0 Å². The highest BCUT2D eigenvalue weighted by Gasteiger charge is 2.23. The monoisotopic (exact) mass is 352 g/mol. The maximum Gasteiger partial charge on any atom is 0.143 e. The zero-order chi connectivity index (χ0) is 14.8. The molecule has 0 spiro atoms. The molecule has 3 nitrogen and oxygen atoms in total. The molecule has 0 saturated heterocycles. The van der Waals surface area contributed by atoms with E-state index in [9.17, 15) is 0 Å². The molecule has 1 unspecified atom stereocenters. The van der Waals surface area contributed by atoms with Crippen LogP contribution in [0.5, 0.6) is 0 Å². The van der Waals surface area contributed by atoms with Gasteiger partial charge in [0.1, 0.15) is 17.2 Å². The van der Waals surface area contributed by atoms with Gasteiger partial charge in [0.15, 0.2) is 0 Å². The van der Waals surface area contributed by atoms with Crippen LogP contribution in [-0.4, -0.2) is 23.4 Å². The molecule has 0 fully saturated rings. The molecule has 0 radical (unpaired) electrons. The Morgan fingerprint density at radius 1 is 1.25 bits per heavy atom. The van der Waals surface area contributed by atoms with Gasteiger partial charge < -0.3 is 9.30 Å². The van der Waals surface area contributed by atoms with Gasteiger partial charge in [-0.15, -0.1) is 0 Å². The second-order valence-electron chi connectivity index (χ2n) is 6.03. The minimum atomic E-state index is -1.27. The van der Waals surface area contributed by atoms with E-state index >= 15 is 0 Å². The van der Waals surface area contributed by atoms with Crippen LogP contribution >= 0.6 is 15.9 Å². The van der Waals surface area contributed by atoms with Gasteiger partial charge in [-0.25, -0.2) is 4.98 Å². The van der Waals surface area contributed by atoms with Crippen LogP contribution in [0.1, 0.15) is 6.92 Å². The quantitative estimate of drug-likeness (QED) is 0.737. The summed E-state index contributed by atoms with van der Waals surface area (Å²) in [5.74, 6) is 0.931. The standard InChI is InChI=1S/C15H21BrN2OSi/c1-12(20(2,3)4)19-11-18-10-14(16)17-15(18)13-8-6-5-7-9-13/h5-10,12H,11H2,1-4H3. The molecule has 2 aromatic rings. The summed E-state index contributed by atoms with van der Waals surface area (Å²) in [6.45, 7) is 9.66. The van der Waals surface area contributed by atoms with Gasteiger partial charge in [0.25, 0.3) is 0 Å². The van der Waals surface area contributed by atoms with Gasteiger partial charge >= 0.3 is 0 Å². The maximum atomic E-state index is 6.03. The predicted octanol–water partition coefficient (Wildman–Crippen LogP) is 4.55. The van der Waals surface area contributed by atoms with E-state index in [4.69, 9.17) is 4.74 Å². The van der Waals surface area contributed by atoms with Crippen molar-refractivity contribution in [1.29, 1.82) is 0 Å². The highest BCUT2D eigenvalue weighted by atomic mass is 79.9. The Morgan fingerprint density at radius 2 is 1.90 bits per heavy atom.